The molecule has 4 rings (SSSR count). The summed E-state index contributed by atoms with van der Waals surface area (Å²) < 4.78 is 1.84. The van der Waals surface area contributed by atoms with Gasteiger partial charge in [0.2, 0.25) is 0 Å². The van der Waals surface area contributed by atoms with Gasteiger partial charge in [0.15, 0.2) is 5.69 Å². The second-order valence-corrected chi connectivity index (χ2v) is 5.66. The van der Waals surface area contributed by atoms with E-state index in [-0.39, 0.29) is 11.9 Å². The second-order valence-electron chi connectivity index (χ2n) is 5.25. The molecule has 1 fully saturated rings. The molecule has 5 nitrogen and oxygen atoms in total. The van der Waals surface area contributed by atoms with Crippen LogP contribution in [0.25, 0.3) is 5.69 Å². The Morgan fingerprint density at radius 2 is 2.29 bits per heavy atom. The number of aromatic nitrogens is 2. The van der Waals surface area contributed by atoms with Crippen LogP contribution in [0, 0.1) is 11.3 Å². The highest BCUT2D eigenvalue weighted by Crippen LogP contribution is 2.40. The van der Waals surface area contributed by atoms with Gasteiger partial charge in [-0.05, 0) is 25.0 Å². The molecule has 2 aromatic rings. The molecular weight excluding hydrogens is 288 g/mol. The number of hydrogen-bond donors (Lipinski definition) is 0. The van der Waals surface area contributed by atoms with Crippen molar-refractivity contribution in [3.8, 4) is 11.8 Å². The number of fused-ring (bicyclic) bond motifs is 5. The van der Waals surface area contributed by atoms with Crippen molar-refractivity contribution in [3.05, 3.63) is 46.5 Å². The molecule has 104 valence electrons. The van der Waals surface area contributed by atoms with Crippen molar-refractivity contribution in [3.63, 3.8) is 0 Å². The van der Waals surface area contributed by atoms with Crippen LogP contribution in [0.15, 0.2) is 24.5 Å². The highest BCUT2D eigenvalue weighted by Gasteiger charge is 2.39. The third-order valence-corrected chi connectivity index (χ3v) is 4.52. The van der Waals surface area contributed by atoms with E-state index in [1.165, 1.54) is 0 Å². The van der Waals surface area contributed by atoms with Gasteiger partial charge >= 0.3 is 0 Å². The van der Waals surface area contributed by atoms with Crippen molar-refractivity contribution in [2.75, 3.05) is 6.54 Å². The average molecular weight is 299 g/mol. The molecule has 1 aromatic heterocycles. The summed E-state index contributed by atoms with van der Waals surface area (Å²) >= 11 is 6.26. The molecule has 1 saturated heterocycles. The molecule has 0 N–H and O–H groups in total. The number of nitrogens with zero attached hydrogens (tertiary/aromatic N) is 4. The maximum absolute atomic E-state index is 12.8. The van der Waals surface area contributed by atoms with E-state index in [1.54, 1.807) is 18.5 Å². The van der Waals surface area contributed by atoms with Crippen LogP contribution < -0.4 is 0 Å². The standard InChI is InChI=1S/C15H11ClN4O/c16-9-3-1-4-11-13(9)15(21)19-6-2-5-12(19)14-10(7-17)18-8-20(11)14/h1,3-4,8,12H,2,5-6H2/t12-/m0/s1. The van der Waals surface area contributed by atoms with Crippen LogP contribution in [-0.4, -0.2) is 26.9 Å². The second kappa shape index (κ2) is 4.34. The van der Waals surface area contributed by atoms with E-state index in [4.69, 9.17) is 11.6 Å². The summed E-state index contributed by atoms with van der Waals surface area (Å²) in [5.41, 5.74) is 2.37. The van der Waals surface area contributed by atoms with Crippen LogP contribution in [0.1, 0.15) is 40.6 Å². The number of halogens is 1. The van der Waals surface area contributed by atoms with E-state index in [0.717, 1.165) is 18.5 Å². The van der Waals surface area contributed by atoms with E-state index in [0.29, 0.717) is 28.5 Å². The van der Waals surface area contributed by atoms with E-state index >= 15 is 0 Å². The number of carbonyl (C=O) groups excluding carboxylic acids is 1. The fraction of sp³-hybridized carbons (Fsp3) is 0.267. The molecule has 0 radical (unpaired) electrons. The normalized spacial score (nSPS) is 19.5. The van der Waals surface area contributed by atoms with Gasteiger partial charge in [-0.1, -0.05) is 17.7 Å². The first-order valence-corrected chi connectivity index (χ1v) is 7.17. The summed E-state index contributed by atoms with van der Waals surface area (Å²) in [5, 5.41) is 9.74. The fourth-order valence-electron chi connectivity index (χ4n) is 3.32. The van der Waals surface area contributed by atoms with Gasteiger partial charge in [-0.25, -0.2) is 4.98 Å². The topological polar surface area (TPSA) is 61.9 Å². The van der Waals surface area contributed by atoms with Crippen molar-refractivity contribution < 1.29 is 4.79 Å². The monoisotopic (exact) mass is 298 g/mol. The van der Waals surface area contributed by atoms with E-state index in [9.17, 15) is 10.1 Å². The van der Waals surface area contributed by atoms with Crippen molar-refractivity contribution in [1.82, 2.24) is 14.5 Å². The summed E-state index contributed by atoms with van der Waals surface area (Å²) in [6.45, 7) is 0.685. The fourth-order valence-corrected chi connectivity index (χ4v) is 3.57. The zero-order valence-electron chi connectivity index (χ0n) is 11.1. The SMILES string of the molecule is N#Cc1ncn2c1[C@@H]1CCCN1C(=O)c1c(Cl)cccc1-2. The highest BCUT2D eigenvalue weighted by atomic mass is 35.5. The number of carbonyl (C=O) groups is 1. The Kier molecular flexibility index (Phi) is 2.57. The van der Waals surface area contributed by atoms with Gasteiger partial charge in [-0.15, -0.1) is 0 Å². The molecule has 2 aliphatic rings. The van der Waals surface area contributed by atoms with Gasteiger partial charge in [0.25, 0.3) is 5.91 Å². The summed E-state index contributed by atoms with van der Waals surface area (Å²) in [6.07, 6.45) is 3.38. The van der Waals surface area contributed by atoms with Crippen LogP contribution >= 0.6 is 11.6 Å². The third-order valence-electron chi connectivity index (χ3n) is 4.20. The van der Waals surface area contributed by atoms with E-state index in [2.05, 4.69) is 11.1 Å². The molecule has 21 heavy (non-hydrogen) atoms. The molecule has 0 unspecified atom stereocenters. The van der Waals surface area contributed by atoms with Gasteiger partial charge in [-0.2, -0.15) is 5.26 Å². The summed E-state index contributed by atoms with van der Waals surface area (Å²) in [7, 11) is 0. The first-order chi connectivity index (χ1) is 10.2. The zero-order chi connectivity index (χ0) is 14.6. The quantitative estimate of drug-likeness (QED) is 0.751. The minimum Gasteiger partial charge on any atom is -0.330 e. The number of amides is 1. The molecule has 0 saturated carbocycles. The van der Waals surface area contributed by atoms with Crippen LogP contribution in [-0.2, 0) is 0 Å². The molecule has 0 bridgehead atoms. The number of imidazole rings is 1. The molecular formula is C15H11ClN4O. The number of rotatable bonds is 0. The maximum Gasteiger partial charge on any atom is 0.258 e. The summed E-state index contributed by atoms with van der Waals surface area (Å²) in [5.74, 6) is -0.0642. The maximum atomic E-state index is 12.8. The van der Waals surface area contributed by atoms with E-state index in [1.807, 2.05) is 15.5 Å². The Hall–Kier alpha value is -2.32. The van der Waals surface area contributed by atoms with E-state index < -0.39 is 0 Å². The Morgan fingerprint density at radius 1 is 1.43 bits per heavy atom. The predicted molar refractivity (Wildman–Crippen MR) is 76.3 cm³/mol. The Bertz CT molecular complexity index is 804. The average Bonchev–Trinajstić information content (AvgIpc) is 3.10. The van der Waals surface area contributed by atoms with Crippen LogP contribution in [0.5, 0.6) is 0 Å². The highest BCUT2D eigenvalue weighted by molar-refractivity contribution is 6.34. The van der Waals surface area contributed by atoms with Crippen molar-refractivity contribution >= 4 is 17.5 Å². The number of hydrogen-bond acceptors (Lipinski definition) is 3. The first kappa shape index (κ1) is 12.4. The molecule has 1 amide bonds. The van der Waals surface area contributed by atoms with Crippen molar-refractivity contribution in [1.29, 1.82) is 5.26 Å². The van der Waals surface area contributed by atoms with Gasteiger partial charge in [0, 0.05) is 6.54 Å². The molecule has 0 aliphatic carbocycles. The van der Waals surface area contributed by atoms with Crippen molar-refractivity contribution in [2.45, 2.75) is 18.9 Å². The lowest BCUT2D eigenvalue weighted by Gasteiger charge is -2.22. The van der Waals surface area contributed by atoms with Gasteiger partial charge in [0.1, 0.15) is 12.4 Å². The largest absolute Gasteiger partial charge is 0.330 e. The minimum absolute atomic E-state index is 0.0642. The van der Waals surface area contributed by atoms with Crippen LogP contribution in [0.4, 0.5) is 0 Å². The molecule has 3 heterocycles. The minimum atomic E-state index is -0.0990. The van der Waals surface area contributed by atoms with Crippen LogP contribution in [0.3, 0.4) is 0 Å². The first-order valence-electron chi connectivity index (χ1n) is 6.79. The third kappa shape index (κ3) is 1.57. The zero-order valence-corrected chi connectivity index (χ0v) is 11.8. The Balaban J connectivity index is 2.09. The van der Waals surface area contributed by atoms with Gasteiger partial charge in [0.05, 0.1) is 28.0 Å². The van der Waals surface area contributed by atoms with Gasteiger partial charge < -0.3 is 4.90 Å². The number of nitriles is 1. The molecule has 1 aromatic carbocycles. The van der Waals surface area contributed by atoms with Crippen LogP contribution in [0.2, 0.25) is 5.02 Å². The summed E-state index contributed by atoms with van der Waals surface area (Å²) in [6, 6.07) is 7.40. The molecule has 6 heteroatoms. The molecule has 1 atom stereocenters. The lowest BCUT2D eigenvalue weighted by atomic mass is 10.1. The molecule has 0 spiro atoms. The lowest BCUT2D eigenvalue weighted by molar-refractivity contribution is 0.0738. The number of benzene rings is 1. The van der Waals surface area contributed by atoms with Gasteiger partial charge in [-0.3, -0.25) is 9.36 Å². The Morgan fingerprint density at radius 3 is 3.10 bits per heavy atom. The Labute approximate surface area is 126 Å². The molecule has 2 aliphatic heterocycles. The predicted octanol–water partition coefficient (Wildman–Crippen LogP) is 2.69. The summed E-state index contributed by atoms with van der Waals surface area (Å²) in [4.78, 5) is 18.8. The van der Waals surface area contributed by atoms with Crippen molar-refractivity contribution in [2.24, 2.45) is 0 Å². The lowest BCUT2D eigenvalue weighted by Crippen LogP contribution is -2.30. The smallest absolute Gasteiger partial charge is 0.258 e.